The van der Waals surface area contributed by atoms with Gasteiger partial charge in [-0.05, 0) is 64.7 Å². The lowest BCUT2D eigenvalue weighted by molar-refractivity contribution is 1.18. The molecular formula is C59H38N4. The molecule has 0 atom stereocenters. The molecular weight excluding hydrogens is 765 g/mol. The van der Waals surface area contributed by atoms with Crippen molar-refractivity contribution < 1.29 is 0 Å². The van der Waals surface area contributed by atoms with Crippen LogP contribution in [-0.2, 0) is 0 Å². The third-order valence-corrected chi connectivity index (χ3v) is 12.2. The zero-order chi connectivity index (χ0) is 41.7. The predicted octanol–water partition coefficient (Wildman–Crippen LogP) is 15.3. The van der Waals surface area contributed by atoms with Gasteiger partial charge in [0.2, 0.25) is 0 Å². The van der Waals surface area contributed by atoms with Crippen LogP contribution in [0.3, 0.4) is 0 Å². The summed E-state index contributed by atoms with van der Waals surface area (Å²) in [5.41, 5.74) is 15.9. The molecule has 0 bridgehead atoms. The molecule has 12 aromatic rings. The zero-order valence-electron chi connectivity index (χ0n) is 34.2. The molecule has 0 aliphatic carbocycles. The van der Waals surface area contributed by atoms with Crippen molar-refractivity contribution in [2.24, 2.45) is 0 Å². The Morgan fingerprint density at radius 3 is 1.51 bits per heavy atom. The normalized spacial score (nSPS) is 11.5. The summed E-state index contributed by atoms with van der Waals surface area (Å²) >= 11 is 0. The summed E-state index contributed by atoms with van der Waals surface area (Å²) in [5.74, 6) is 0.698. The highest BCUT2D eigenvalue weighted by molar-refractivity contribution is 6.29. The van der Waals surface area contributed by atoms with Crippen molar-refractivity contribution in [3.05, 3.63) is 231 Å². The van der Waals surface area contributed by atoms with E-state index in [2.05, 4.69) is 211 Å². The number of benzene rings is 9. The first-order chi connectivity index (χ1) is 31.2. The number of hydrogen-bond donors (Lipinski definition) is 0. The molecule has 3 heterocycles. The van der Waals surface area contributed by atoms with E-state index in [0.29, 0.717) is 5.82 Å². The highest BCUT2D eigenvalue weighted by atomic mass is 15.0. The first kappa shape index (κ1) is 36.4. The van der Waals surface area contributed by atoms with Crippen LogP contribution < -0.4 is 0 Å². The Balaban J connectivity index is 0.948. The number of para-hydroxylation sites is 3. The molecule has 12 rings (SSSR count). The van der Waals surface area contributed by atoms with Crippen molar-refractivity contribution in [2.75, 3.05) is 0 Å². The largest absolute Gasteiger partial charge is 0.309 e. The van der Waals surface area contributed by atoms with Crippen molar-refractivity contribution >= 4 is 43.5 Å². The number of hydrogen-bond acceptors (Lipinski definition) is 3. The first-order valence-corrected chi connectivity index (χ1v) is 21.4. The summed E-state index contributed by atoms with van der Waals surface area (Å²) in [6, 6.07) is 81.4. The van der Waals surface area contributed by atoms with Crippen molar-refractivity contribution in [2.45, 2.75) is 0 Å². The lowest BCUT2D eigenvalue weighted by Crippen LogP contribution is -1.96. The van der Waals surface area contributed by atoms with Gasteiger partial charge in [-0.2, -0.15) is 0 Å². The van der Waals surface area contributed by atoms with E-state index in [-0.39, 0.29) is 0 Å². The Morgan fingerprint density at radius 2 is 0.810 bits per heavy atom. The Bertz CT molecular complexity index is 3630. The van der Waals surface area contributed by atoms with Crippen LogP contribution in [0.5, 0.6) is 0 Å². The molecule has 4 nitrogen and oxygen atoms in total. The smallest absolute Gasteiger partial charge is 0.160 e. The highest BCUT2D eigenvalue weighted by Gasteiger charge is 2.20. The maximum atomic E-state index is 5.38. The minimum atomic E-state index is 0.698. The fraction of sp³-hybridized carbons (Fsp3) is 0. The molecule has 0 saturated heterocycles. The van der Waals surface area contributed by atoms with Crippen LogP contribution in [0.1, 0.15) is 0 Å². The summed E-state index contributed by atoms with van der Waals surface area (Å²) in [7, 11) is 0. The summed E-state index contributed by atoms with van der Waals surface area (Å²) in [5, 5.41) is 5.97. The van der Waals surface area contributed by atoms with E-state index in [1.54, 1.807) is 0 Å². The number of aromatic nitrogens is 4. The quantitative estimate of drug-likeness (QED) is 0.151. The molecule has 294 valence electrons. The van der Waals surface area contributed by atoms with E-state index in [1.165, 1.54) is 38.3 Å². The number of rotatable bonds is 7. The van der Waals surface area contributed by atoms with E-state index in [4.69, 9.17) is 15.0 Å². The molecule has 0 aliphatic heterocycles. The molecule has 0 aliphatic rings. The first-order valence-electron chi connectivity index (χ1n) is 21.4. The van der Waals surface area contributed by atoms with Gasteiger partial charge < -0.3 is 4.57 Å². The van der Waals surface area contributed by atoms with Gasteiger partial charge in [0.25, 0.3) is 0 Å². The van der Waals surface area contributed by atoms with Crippen molar-refractivity contribution in [3.63, 3.8) is 0 Å². The average molecular weight is 803 g/mol. The minimum absolute atomic E-state index is 0.698. The lowest BCUT2D eigenvalue weighted by Gasteiger charge is -2.14. The van der Waals surface area contributed by atoms with Gasteiger partial charge in [-0.15, -0.1) is 0 Å². The molecule has 63 heavy (non-hydrogen) atoms. The average Bonchev–Trinajstić information content (AvgIpc) is 3.71. The van der Waals surface area contributed by atoms with Gasteiger partial charge in [-0.1, -0.05) is 188 Å². The van der Waals surface area contributed by atoms with Crippen LogP contribution in [0.25, 0.3) is 117 Å². The van der Waals surface area contributed by atoms with Gasteiger partial charge in [-0.25, -0.2) is 15.0 Å². The molecule has 0 radical (unpaired) electrons. The molecule has 0 unspecified atom stereocenters. The van der Waals surface area contributed by atoms with Crippen LogP contribution in [0.15, 0.2) is 231 Å². The van der Waals surface area contributed by atoms with E-state index in [1.807, 2.05) is 24.3 Å². The Kier molecular flexibility index (Phi) is 8.79. The van der Waals surface area contributed by atoms with Crippen LogP contribution in [0.4, 0.5) is 0 Å². The number of fused-ring (bicyclic) bond motifs is 7. The van der Waals surface area contributed by atoms with Gasteiger partial charge in [0.05, 0.1) is 33.6 Å². The Morgan fingerprint density at radius 1 is 0.286 bits per heavy atom. The second kappa shape index (κ2) is 15.2. The second-order valence-corrected chi connectivity index (χ2v) is 16.0. The molecule has 0 spiro atoms. The maximum Gasteiger partial charge on any atom is 0.160 e. The predicted molar refractivity (Wildman–Crippen MR) is 262 cm³/mol. The van der Waals surface area contributed by atoms with E-state index >= 15 is 0 Å². The van der Waals surface area contributed by atoms with Crippen molar-refractivity contribution in [1.82, 2.24) is 19.5 Å². The molecule has 0 amide bonds. The van der Waals surface area contributed by atoms with Crippen LogP contribution >= 0.6 is 0 Å². The second-order valence-electron chi connectivity index (χ2n) is 16.0. The summed E-state index contributed by atoms with van der Waals surface area (Å²) < 4.78 is 2.39. The third kappa shape index (κ3) is 6.44. The molecule has 0 N–H and O–H groups in total. The van der Waals surface area contributed by atoms with E-state index in [9.17, 15) is 0 Å². The fourth-order valence-electron chi connectivity index (χ4n) is 9.18. The molecule has 0 fully saturated rings. The van der Waals surface area contributed by atoms with Crippen molar-refractivity contribution in [3.8, 4) is 73.1 Å². The van der Waals surface area contributed by atoms with Crippen LogP contribution in [0, 0.1) is 0 Å². The lowest BCUT2D eigenvalue weighted by atomic mass is 9.94. The van der Waals surface area contributed by atoms with E-state index in [0.717, 1.165) is 72.4 Å². The topological polar surface area (TPSA) is 43.6 Å². The molecule has 4 heteroatoms. The molecule has 9 aromatic carbocycles. The van der Waals surface area contributed by atoms with Crippen LogP contribution in [-0.4, -0.2) is 19.5 Å². The molecule has 3 aromatic heterocycles. The van der Waals surface area contributed by atoms with Gasteiger partial charge >= 0.3 is 0 Å². The third-order valence-electron chi connectivity index (χ3n) is 12.2. The zero-order valence-corrected chi connectivity index (χ0v) is 34.2. The fourth-order valence-corrected chi connectivity index (χ4v) is 9.18. The van der Waals surface area contributed by atoms with Gasteiger partial charge in [0.1, 0.15) is 0 Å². The number of nitrogens with zero attached hydrogens (tertiary/aromatic N) is 4. The summed E-state index contributed by atoms with van der Waals surface area (Å²) in [6.45, 7) is 0. The van der Waals surface area contributed by atoms with Gasteiger partial charge in [-0.3, -0.25) is 0 Å². The van der Waals surface area contributed by atoms with Crippen molar-refractivity contribution in [1.29, 1.82) is 0 Å². The van der Waals surface area contributed by atoms with Gasteiger partial charge in [0.15, 0.2) is 5.82 Å². The maximum absolute atomic E-state index is 5.38. The highest BCUT2D eigenvalue weighted by Crippen LogP contribution is 2.43. The summed E-state index contributed by atoms with van der Waals surface area (Å²) in [6.07, 6.45) is 0. The minimum Gasteiger partial charge on any atom is -0.309 e. The summed E-state index contributed by atoms with van der Waals surface area (Å²) in [4.78, 5) is 15.6. The molecule has 0 saturated carbocycles. The monoisotopic (exact) mass is 802 g/mol. The SMILES string of the molecule is c1ccc(-c2ccc(-c3cc(-c4ccc(-c5cccc(-c6nc7ccccc7c7c6ccc6c7c7ccccc7n6-c6ccccc6)c5)cc4)nc(-c4ccccc4)n3)cc2)cc1. The van der Waals surface area contributed by atoms with Crippen LogP contribution in [0.2, 0.25) is 0 Å². The Hall–Kier alpha value is -8.47. The number of pyridine rings is 1. The standard InChI is InChI=1S/C59H38N4/c1-4-15-39(16-5-1)40-27-31-42(32-28-40)52-38-53(62-59(61-52)44-17-6-2-7-18-44)43-33-29-41(30-34-43)45-19-14-20-46(37-45)58-50-35-36-55-57(56(50)48-23-10-12-25-51(48)60-58)49-24-11-13-26-54(49)63(55)47-21-8-3-9-22-47/h1-38H. The van der Waals surface area contributed by atoms with Gasteiger partial charge in [0, 0.05) is 54.9 Å². The van der Waals surface area contributed by atoms with E-state index < -0.39 is 0 Å². The Labute approximate surface area is 365 Å².